The molecule has 5 rings (SSSR count). The molecule has 2 amide bonds. The van der Waals surface area contributed by atoms with Gasteiger partial charge in [0, 0.05) is 18.3 Å². The van der Waals surface area contributed by atoms with E-state index in [9.17, 15) is 9.59 Å². The monoisotopic (exact) mass is 448 g/mol. The molecule has 1 aliphatic rings. The maximum Gasteiger partial charge on any atom is 0.240 e. The summed E-state index contributed by atoms with van der Waals surface area (Å²) in [6.45, 7) is 4.73. The number of hydrogen-bond acceptors (Lipinski definition) is 5. The van der Waals surface area contributed by atoms with Crippen LogP contribution in [0.25, 0.3) is 16.8 Å². The predicted octanol–water partition coefficient (Wildman–Crippen LogP) is 2.89. The second-order valence-corrected chi connectivity index (χ2v) is 9.07. The van der Waals surface area contributed by atoms with E-state index in [-0.39, 0.29) is 30.2 Å². The third-order valence-corrected chi connectivity index (χ3v) is 6.45. The highest BCUT2D eigenvalue weighted by Crippen LogP contribution is 2.30. The summed E-state index contributed by atoms with van der Waals surface area (Å²) in [5.41, 5.74) is 4.01. The smallest absolute Gasteiger partial charge is 0.240 e. The molecule has 0 saturated heterocycles. The number of nitrogens with zero attached hydrogens (tertiary/aromatic N) is 5. The van der Waals surface area contributed by atoms with Crippen molar-refractivity contribution in [2.45, 2.75) is 38.0 Å². The third kappa shape index (κ3) is 3.62. The summed E-state index contributed by atoms with van der Waals surface area (Å²) in [5, 5.41) is 12.2. The molecule has 0 bridgehead atoms. The highest BCUT2D eigenvalue weighted by Gasteiger charge is 2.25. The first-order chi connectivity index (χ1) is 15.5. The normalized spacial score (nSPS) is 13.3. The molecule has 1 N–H and O–H groups in total. The summed E-state index contributed by atoms with van der Waals surface area (Å²) in [7, 11) is 0. The van der Waals surface area contributed by atoms with Crippen molar-refractivity contribution in [2.24, 2.45) is 0 Å². The first kappa shape index (κ1) is 20.6. The van der Waals surface area contributed by atoms with Crippen molar-refractivity contribution in [1.82, 2.24) is 24.5 Å². The number of hydrogen-bond donors (Lipinski definition) is 1. The summed E-state index contributed by atoms with van der Waals surface area (Å²) in [4.78, 5) is 27.2. The van der Waals surface area contributed by atoms with Gasteiger partial charge >= 0.3 is 0 Å². The van der Waals surface area contributed by atoms with Gasteiger partial charge in [0.05, 0.1) is 16.8 Å². The Balaban J connectivity index is 1.42. The fourth-order valence-corrected chi connectivity index (χ4v) is 5.02. The molecule has 2 aromatic carbocycles. The number of benzene rings is 2. The quantitative estimate of drug-likeness (QED) is 0.459. The molecule has 0 aliphatic carbocycles. The lowest BCUT2D eigenvalue weighted by atomic mass is 10.2. The van der Waals surface area contributed by atoms with Crippen molar-refractivity contribution >= 4 is 46.1 Å². The summed E-state index contributed by atoms with van der Waals surface area (Å²) in [6.07, 6.45) is 0.883. The van der Waals surface area contributed by atoms with Gasteiger partial charge in [-0.3, -0.25) is 18.6 Å². The summed E-state index contributed by atoms with van der Waals surface area (Å²) in [6, 6.07) is 15.9. The number of thioether (sulfide) groups is 1. The molecule has 0 saturated carbocycles. The zero-order valence-electron chi connectivity index (χ0n) is 18.0. The van der Waals surface area contributed by atoms with Gasteiger partial charge in [-0.25, -0.2) is 0 Å². The Hall–Kier alpha value is -3.33. The molecule has 0 fully saturated rings. The van der Waals surface area contributed by atoms with Crippen LogP contribution in [0.1, 0.15) is 19.4 Å². The topological polar surface area (TPSA) is 84.5 Å². The van der Waals surface area contributed by atoms with E-state index in [0.717, 1.165) is 23.1 Å². The van der Waals surface area contributed by atoms with E-state index in [1.807, 2.05) is 70.2 Å². The molecular weight excluding hydrogens is 424 g/mol. The number of nitrogens with one attached hydrogen (secondary N) is 1. The molecule has 3 heterocycles. The van der Waals surface area contributed by atoms with Crippen LogP contribution in [0.3, 0.4) is 0 Å². The van der Waals surface area contributed by atoms with Crippen LogP contribution in [0.4, 0.5) is 5.69 Å². The SMILES string of the molecule is CC(C)NC(=O)Cn1c2ccccc2n2c(SCC(=O)N3CCc4ccccc43)nnc12. The number of imidazole rings is 1. The molecule has 0 unspecified atom stereocenters. The maximum absolute atomic E-state index is 12.9. The van der Waals surface area contributed by atoms with Gasteiger partial charge < -0.3 is 10.2 Å². The van der Waals surface area contributed by atoms with Gasteiger partial charge in [-0.2, -0.15) is 0 Å². The summed E-state index contributed by atoms with van der Waals surface area (Å²) in [5.74, 6) is 0.828. The van der Waals surface area contributed by atoms with Gasteiger partial charge in [-0.05, 0) is 44.0 Å². The van der Waals surface area contributed by atoms with Gasteiger partial charge in [-0.15, -0.1) is 10.2 Å². The Morgan fingerprint density at radius 2 is 1.81 bits per heavy atom. The lowest BCUT2D eigenvalue weighted by Crippen LogP contribution is -2.33. The highest BCUT2D eigenvalue weighted by molar-refractivity contribution is 7.99. The minimum atomic E-state index is -0.0802. The Bertz CT molecular complexity index is 1320. The highest BCUT2D eigenvalue weighted by atomic mass is 32.2. The van der Waals surface area contributed by atoms with Crippen molar-refractivity contribution < 1.29 is 9.59 Å². The average molecular weight is 449 g/mol. The van der Waals surface area contributed by atoms with Crippen LogP contribution in [-0.2, 0) is 22.6 Å². The van der Waals surface area contributed by atoms with E-state index in [4.69, 9.17) is 0 Å². The molecule has 32 heavy (non-hydrogen) atoms. The fraction of sp³-hybridized carbons (Fsp3) is 0.304. The molecule has 0 radical (unpaired) electrons. The fourth-order valence-electron chi connectivity index (χ4n) is 4.20. The van der Waals surface area contributed by atoms with Gasteiger partial charge in [0.1, 0.15) is 6.54 Å². The predicted molar refractivity (Wildman–Crippen MR) is 125 cm³/mol. The van der Waals surface area contributed by atoms with E-state index in [1.54, 1.807) is 0 Å². The summed E-state index contributed by atoms with van der Waals surface area (Å²) >= 11 is 1.37. The maximum atomic E-state index is 12.9. The van der Waals surface area contributed by atoms with Crippen molar-refractivity contribution in [3.8, 4) is 0 Å². The molecule has 164 valence electrons. The van der Waals surface area contributed by atoms with E-state index in [1.165, 1.54) is 17.3 Å². The van der Waals surface area contributed by atoms with Crippen LogP contribution >= 0.6 is 11.8 Å². The van der Waals surface area contributed by atoms with Crippen molar-refractivity contribution in [1.29, 1.82) is 0 Å². The number of amides is 2. The Morgan fingerprint density at radius 1 is 1.06 bits per heavy atom. The minimum absolute atomic E-state index is 0.0525. The molecule has 9 heteroatoms. The van der Waals surface area contributed by atoms with Crippen LogP contribution in [0.15, 0.2) is 53.7 Å². The molecule has 4 aromatic rings. The first-order valence-corrected chi connectivity index (χ1v) is 11.6. The van der Waals surface area contributed by atoms with Crippen LogP contribution in [-0.4, -0.2) is 49.3 Å². The lowest BCUT2D eigenvalue weighted by molar-refractivity contribution is -0.122. The number of carbonyl (C=O) groups excluding carboxylic acids is 2. The second-order valence-electron chi connectivity index (χ2n) is 8.13. The Morgan fingerprint density at radius 3 is 2.62 bits per heavy atom. The van der Waals surface area contributed by atoms with Crippen molar-refractivity contribution in [3.05, 3.63) is 54.1 Å². The van der Waals surface area contributed by atoms with Crippen LogP contribution < -0.4 is 10.2 Å². The number of fused-ring (bicyclic) bond motifs is 4. The van der Waals surface area contributed by atoms with Gasteiger partial charge in [-0.1, -0.05) is 42.1 Å². The van der Waals surface area contributed by atoms with Crippen LogP contribution in [0, 0.1) is 0 Å². The van der Waals surface area contributed by atoms with Gasteiger partial charge in [0.25, 0.3) is 0 Å². The molecule has 8 nitrogen and oxygen atoms in total. The second kappa shape index (κ2) is 8.31. The number of aromatic nitrogens is 4. The number of para-hydroxylation sites is 3. The molecular formula is C23H24N6O2S. The van der Waals surface area contributed by atoms with E-state index >= 15 is 0 Å². The minimum Gasteiger partial charge on any atom is -0.352 e. The summed E-state index contributed by atoms with van der Waals surface area (Å²) < 4.78 is 3.79. The number of rotatable bonds is 6. The van der Waals surface area contributed by atoms with E-state index in [2.05, 4.69) is 21.6 Å². The molecule has 1 aliphatic heterocycles. The van der Waals surface area contributed by atoms with Crippen LogP contribution in [0.2, 0.25) is 0 Å². The van der Waals surface area contributed by atoms with Crippen LogP contribution in [0.5, 0.6) is 0 Å². The molecule has 0 spiro atoms. The number of carbonyl (C=O) groups is 2. The Kier molecular flexibility index (Phi) is 5.34. The number of anilines is 1. The molecule has 2 aromatic heterocycles. The molecule has 0 atom stereocenters. The standard InChI is InChI=1S/C23H24N6O2S/c1-15(2)24-20(30)13-28-18-9-5-6-10-19(18)29-22(28)25-26-23(29)32-14-21(31)27-12-11-16-7-3-4-8-17(16)27/h3-10,15H,11-14H2,1-2H3,(H,24,30). The van der Waals surface area contributed by atoms with Gasteiger partial charge in [0.2, 0.25) is 17.6 Å². The zero-order valence-corrected chi connectivity index (χ0v) is 18.8. The van der Waals surface area contributed by atoms with Crippen molar-refractivity contribution in [3.63, 3.8) is 0 Å². The van der Waals surface area contributed by atoms with E-state index < -0.39 is 0 Å². The first-order valence-electron chi connectivity index (χ1n) is 10.7. The average Bonchev–Trinajstić information content (AvgIpc) is 3.46. The third-order valence-electron chi connectivity index (χ3n) is 5.54. The van der Waals surface area contributed by atoms with E-state index in [0.29, 0.717) is 17.5 Å². The van der Waals surface area contributed by atoms with Crippen molar-refractivity contribution in [2.75, 3.05) is 17.2 Å². The largest absolute Gasteiger partial charge is 0.352 e. The lowest BCUT2D eigenvalue weighted by Gasteiger charge is -2.16. The van der Waals surface area contributed by atoms with Gasteiger partial charge in [0.15, 0.2) is 5.16 Å². The zero-order chi connectivity index (χ0) is 22.2. The Labute approximate surface area is 189 Å².